The van der Waals surface area contributed by atoms with E-state index < -0.39 is 11.9 Å². The molecule has 55 heavy (non-hydrogen) atoms. The van der Waals surface area contributed by atoms with E-state index in [9.17, 15) is 14.7 Å². The molecule has 0 saturated heterocycles. The summed E-state index contributed by atoms with van der Waals surface area (Å²) in [5, 5.41) is 13.4. The van der Waals surface area contributed by atoms with Gasteiger partial charge in [0.05, 0.1) is 5.56 Å². The van der Waals surface area contributed by atoms with Crippen LogP contribution in [0.3, 0.4) is 0 Å². The molecule has 1 amide bonds. The van der Waals surface area contributed by atoms with Gasteiger partial charge >= 0.3 is 5.97 Å². The highest BCUT2D eigenvalue weighted by Gasteiger charge is 2.33. The number of nitrogens with one attached hydrogen (secondary N) is 1. The molecule has 0 bridgehead atoms. The van der Waals surface area contributed by atoms with E-state index in [2.05, 4.69) is 5.32 Å². The molecule has 0 saturated carbocycles. The number of hydrogen-bond donors (Lipinski definition) is 2. The molecule has 0 fully saturated rings. The van der Waals surface area contributed by atoms with Crippen LogP contribution in [0.1, 0.15) is 60.0 Å². The van der Waals surface area contributed by atoms with Gasteiger partial charge < -0.3 is 34.4 Å². The lowest BCUT2D eigenvalue weighted by molar-refractivity contribution is 0.0694. The van der Waals surface area contributed by atoms with Crippen LogP contribution in [0.2, 0.25) is 0 Å². The highest BCUT2D eigenvalue weighted by Crippen LogP contribution is 2.50. The summed E-state index contributed by atoms with van der Waals surface area (Å²) < 4.78 is 18.9. The average molecular weight is 734 g/mol. The third kappa shape index (κ3) is 8.26. The van der Waals surface area contributed by atoms with Crippen LogP contribution in [0.4, 0.5) is 11.4 Å². The van der Waals surface area contributed by atoms with Gasteiger partial charge in [-0.1, -0.05) is 78.9 Å². The number of nitrogens with zero attached hydrogens (tertiary/aromatic N) is 2. The Hall–Kier alpha value is -6.74. The maximum absolute atomic E-state index is 13.8. The smallest absolute Gasteiger partial charge is 0.335 e. The van der Waals surface area contributed by atoms with Gasteiger partial charge in [0.15, 0.2) is 11.5 Å². The van der Waals surface area contributed by atoms with E-state index in [1.165, 1.54) is 6.07 Å². The Morgan fingerprint density at radius 1 is 0.618 bits per heavy atom. The van der Waals surface area contributed by atoms with E-state index in [1.54, 1.807) is 12.1 Å². The van der Waals surface area contributed by atoms with Crippen LogP contribution >= 0.6 is 0 Å². The zero-order valence-corrected chi connectivity index (χ0v) is 31.3. The van der Waals surface area contributed by atoms with Crippen molar-refractivity contribution in [3.8, 4) is 23.0 Å². The fourth-order valence-corrected chi connectivity index (χ4v) is 6.66. The van der Waals surface area contributed by atoms with Crippen LogP contribution < -0.4 is 29.3 Å². The number of hydrogen-bond acceptors (Lipinski definition) is 7. The number of carbonyl (C=O) groups is 2. The number of ether oxygens (including phenoxy) is 3. The summed E-state index contributed by atoms with van der Waals surface area (Å²) in [6, 6.07) is 42.0. The Labute approximate surface area is 321 Å². The topological polar surface area (TPSA) is 101 Å². The normalized spacial score (nSPS) is 11.8. The van der Waals surface area contributed by atoms with Gasteiger partial charge in [-0.2, -0.15) is 0 Å². The van der Waals surface area contributed by atoms with Crippen molar-refractivity contribution in [1.82, 2.24) is 5.32 Å². The highest BCUT2D eigenvalue weighted by atomic mass is 16.5. The van der Waals surface area contributed by atoms with Gasteiger partial charge in [0.2, 0.25) is 0 Å². The molecule has 6 aromatic carbocycles. The second-order valence-electron chi connectivity index (χ2n) is 13.9. The molecule has 2 N–H and O–H groups in total. The monoisotopic (exact) mass is 733 g/mol. The molecule has 0 unspecified atom stereocenters. The molecule has 1 heterocycles. The number of amides is 1. The first-order chi connectivity index (χ1) is 26.6. The lowest BCUT2D eigenvalue weighted by Gasteiger charge is -2.31. The van der Waals surface area contributed by atoms with Crippen LogP contribution in [0, 0.1) is 0 Å². The first-order valence-corrected chi connectivity index (χ1v) is 18.1. The number of fused-ring (bicyclic) bond motifs is 2. The minimum atomic E-state index is -1.08. The lowest BCUT2D eigenvalue weighted by Crippen LogP contribution is -2.24. The second-order valence-corrected chi connectivity index (χ2v) is 13.9. The summed E-state index contributed by atoms with van der Waals surface area (Å²) in [5.74, 6) is 0.497. The van der Waals surface area contributed by atoms with E-state index in [0.717, 1.165) is 39.2 Å². The third-order valence-electron chi connectivity index (χ3n) is 9.66. The minimum absolute atomic E-state index is 0.111. The molecular formula is C46H43N3O6. The van der Waals surface area contributed by atoms with E-state index in [4.69, 9.17) is 14.2 Å². The molecular weight excluding hydrogens is 691 g/mol. The molecule has 0 spiro atoms. The first-order valence-electron chi connectivity index (χ1n) is 18.1. The van der Waals surface area contributed by atoms with Crippen molar-refractivity contribution in [2.75, 3.05) is 38.0 Å². The standard InChI is InChI=1S/C46H43N3O6/c1-48(2)34-17-20-37-41(25-34)55-42-26-35(49(3)4)18-21-38(42)44(37)39-24-33(16-19-36(39)46(51)52)45(50)47-27-32-15-22-40(53-28-30-11-7-5-8-12-30)43(23-32)54-29-31-13-9-6-10-14-31/h5-26,44H,27-29H2,1-4H3,(H,47,50)(H,51,52). The lowest BCUT2D eigenvalue weighted by atomic mass is 9.79. The van der Waals surface area contributed by atoms with Crippen LogP contribution in [-0.4, -0.2) is 45.2 Å². The Bertz CT molecular complexity index is 2270. The molecule has 9 heteroatoms. The predicted molar refractivity (Wildman–Crippen MR) is 215 cm³/mol. The quantitative estimate of drug-likeness (QED) is 0.121. The predicted octanol–water partition coefficient (Wildman–Crippen LogP) is 8.89. The maximum Gasteiger partial charge on any atom is 0.335 e. The van der Waals surface area contributed by atoms with Gasteiger partial charge in [-0.25, -0.2) is 4.79 Å². The zero-order chi connectivity index (χ0) is 38.5. The summed E-state index contributed by atoms with van der Waals surface area (Å²) >= 11 is 0. The zero-order valence-electron chi connectivity index (χ0n) is 31.3. The van der Waals surface area contributed by atoms with Gasteiger partial charge in [-0.3, -0.25) is 4.79 Å². The van der Waals surface area contributed by atoms with E-state index >= 15 is 0 Å². The second kappa shape index (κ2) is 16.1. The Balaban J connectivity index is 1.17. The highest BCUT2D eigenvalue weighted by molar-refractivity contribution is 5.97. The fraction of sp³-hybridized carbons (Fsp3) is 0.174. The van der Waals surface area contributed by atoms with Gasteiger partial charge in [0, 0.05) is 80.9 Å². The van der Waals surface area contributed by atoms with Gasteiger partial charge in [-0.05, 0) is 64.7 Å². The number of aromatic carboxylic acids is 1. The van der Waals surface area contributed by atoms with Crippen LogP contribution in [-0.2, 0) is 19.8 Å². The molecule has 0 radical (unpaired) electrons. The molecule has 0 atom stereocenters. The van der Waals surface area contributed by atoms with Crippen molar-refractivity contribution in [2.24, 2.45) is 0 Å². The molecule has 0 aromatic heterocycles. The Kier molecular flexibility index (Phi) is 10.7. The van der Waals surface area contributed by atoms with Crippen LogP contribution in [0.5, 0.6) is 23.0 Å². The van der Waals surface area contributed by atoms with Crippen molar-refractivity contribution in [3.63, 3.8) is 0 Å². The molecule has 6 aromatic rings. The van der Waals surface area contributed by atoms with Crippen LogP contribution in [0.25, 0.3) is 0 Å². The van der Waals surface area contributed by atoms with Crippen molar-refractivity contribution in [1.29, 1.82) is 0 Å². The van der Waals surface area contributed by atoms with E-state index in [1.807, 2.05) is 153 Å². The van der Waals surface area contributed by atoms with Crippen molar-refractivity contribution in [3.05, 3.63) is 178 Å². The number of carbonyl (C=O) groups excluding carboxylic acids is 1. The van der Waals surface area contributed by atoms with Crippen molar-refractivity contribution < 1.29 is 28.9 Å². The molecule has 278 valence electrons. The summed E-state index contributed by atoms with van der Waals surface area (Å²) in [4.78, 5) is 30.5. The molecule has 1 aliphatic rings. The number of benzene rings is 6. The van der Waals surface area contributed by atoms with E-state index in [-0.39, 0.29) is 18.0 Å². The fourth-order valence-electron chi connectivity index (χ4n) is 6.66. The van der Waals surface area contributed by atoms with Crippen LogP contribution in [0.15, 0.2) is 133 Å². The number of carboxylic acids is 1. The Morgan fingerprint density at radius 3 is 1.73 bits per heavy atom. The van der Waals surface area contributed by atoms with Crippen molar-refractivity contribution >= 4 is 23.3 Å². The first kappa shape index (κ1) is 36.6. The summed E-state index contributed by atoms with van der Waals surface area (Å²) in [7, 11) is 7.82. The summed E-state index contributed by atoms with van der Waals surface area (Å²) in [5.41, 5.74) is 7.33. The van der Waals surface area contributed by atoms with Gasteiger partial charge in [0.1, 0.15) is 24.7 Å². The average Bonchev–Trinajstić information content (AvgIpc) is 3.20. The maximum atomic E-state index is 13.8. The largest absolute Gasteiger partial charge is 0.485 e. The van der Waals surface area contributed by atoms with E-state index in [0.29, 0.717) is 47.3 Å². The van der Waals surface area contributed by atoms with Gasteiger partial charge in [-0.15, -0.1) is 0 Å². The Morgan fingerprint density at radius 2 is 1.18 bits per heavy atom. The van der Waals surface area contributed by atoms with Crippen molar-refractivity contribution in [2.45, 2.75) is 25.7 Å². The molecule has 9 nitrogen and oxygen atoms in total. The molecule has 1 aliphatic heterocycles. The molecule has 0 aliphatic carbocycles. The summed E-state index contributed by atoms with van der Waals surface area (Å²) in [6.07, 6.45) is 0. The minimum Gasteiger partial charge on any atom is -0.485 e. The number of anilines is 2. The SMILES string of the molecule is CN(C)c1ccc2c(c1)Oc1cc(N(C)C)ccc1C2c1cc(C(=O)NCc2ccc(OCc3ccccc3)c(OCc3ccccc3)c2)ccc1C(=O)O. The molecule has 7 rings (SSSR count). The third-order valence-corrected chi connectivity index (χ3v) is 9.66. The van der Waals surface area contributed by atoms with Gasteiger partial charge in [0.25, 0.3) is 5.91 Å². The number of carboxylic acid groups (broad SMARTS) is 1. The summed E-state index contributed by atoms with van der Waals surface area (Å²) in [6.45, 7) is 0.935. The number of rotatable bonds is 13.